The van der Waals surface area contributed by atoms with Crippen LogP contribution in [0.1, 0.15) is 43.0 Å². The molecule has 142 valence electrons. The van der Waals surface area contributed by atoms with Gasteiger partial charge in [-0.2, -0.15) is 4.31 Å². The number of carboxylic acid groups (broad SMARTS) is 1. The Bertz CT molecular complexity index is 776. The lowest BCUT2D eigenvalue weighted by molar-refractivity contribution is -0.127. The molecule has 0 unspecified atom stereocenters. The third-order valence-electron chi connectivity index (χ3n) is 5.28. The first-order valence-electron chi connectivity index (χ1n) is 8.91. The summed E-state index contributed by atoms with van der Waals surface area (Å²) in [6.45, 7) is 2.75. The van der Waals surface area contributed by atoms with E-state index >= 15 is 0 Å². The van der Waals surface area contributed by atoms with E-state index in [1.165, 1.54) is 28.6 Å². The highest BCUT2D eigenvalue weighted by Gasteiger charge is 2.34. The van der Waals surface area contributed by atoms with Crippen LogP contribution in [0.2, 0.25) is 0 Å². The van der Waals surface area contributed by atoms with Gasteiger partial charge >= 0.3 is 5.97 Å². The summed E-state index contributed by atoms with van der Waals surface area (Å²) in [5.74, 6) is -0.544. The zero-order chi connectivity index (χ0) is 18.9. The number of carbonyl (C=O) groups excluding carboxylic acids is 1. The molecule has 1 saturated heterocycles. The highest BCUT2D eigenvalue weighted by atomic mass is 32.2. The third-order valence-corrected chi connectivity index (χ3v) is 7.20. The monoisotopic (exact) mass is 380 g/mol. The van der Waals surface area contributed by atoms with E-state index in [9.17, 15) is 18.0 Å². The van der Waals surface area contributed by atoms with Crippen molar-refractivity contribution in [2.24, 2.45) is 11.8 Å². The SMILES string of the molecule is CC1CC(NC(=O)C2CCN(S(=O)(=O)c3ccc(C(=O)O)cc3)CC2)C1. The van der Waals surface area contributed by atoms with E-state index < -0.39 is 16.0 Å². The van der Waals surface area contributed by atoms with Crippen LogP contribution < -0.4 is 5.32 Å². The van der Waals surface area contributed by atoms with Crippen molar-refractivity contribution in [1.29, 1.82) is 0 Å². The fourth-order valence-corrected chi connectivity index (χ4v) is 5.09. The molecule has 1 saturated carbocycles. The second kappa shape index (κ2) is 7.36. The Morgan fingerprint density at radius 3 is 2.19 bits per heavy atom. The first-order valence-corrected chi connectivity index (χ1v) is 10.3. The molecule has 1 aliphatic heterocycles. The number of nitrogens with one attached hydrogen (secondary N) is 1. The molecule has 8 heteroatoms. The standard InChI is InChI=1S/C18H24N2O5S/c1-12-10-15(11-12)19-17(21)13-6-8-20(9-7-13)26(24,25)16-4-2-14(3-5-16)18(22)23/h2-5,12-13,15H,6-11H2,1H3,(H,19,21)(H,22,23). The van der Waals surface area contributed by atoms with Gasteiger partial charge in [-0.25, -0.2) is 13.2 Å². The van der Waals surface area contributed by atoms with Gasteiger partial charge in [0.2, 0.25) is 15.9 Å². The molecule has 1 aromatic rings. The topological polar surface area (TPSA) is 104 Å². The van der Waals surface area contributed by atoms with Gasteiger partial charge in [-0.15, -0.1) is 0 Å². The number of rotatable bonds is 5. The Labute approximate surface area is 153 Å². The normalized spacial score (nSPS) is 24.7. The molecule has 3 rings (SSSR count). The summed E-state index contributed by atoms with van der Waals surface area (Å²) in [6.07, 6.45) is 3.04. The minimum Gasteiger partial charge on any atom is -0.478 e. The van der Waals surface area contributed by atoms with Gasteiger partial charge in [0.15, 0.2) is 0 Å². The predicted octanol–water partition coefficient (Wildman–Crippen LogP) is 1.70. The smallest absolute Gasteiger partial charge is 0.335 e. The second-order valence-electron chi connectivity index (χ2n) is 7.29. The maximum atomic E-state index is 12.7. The summed E-state index contributed by atoms with van der Waals surface area (Å²) >= 11 is 0. The summed E-state index contributed by atoms with van der Waals surface area (Å²) < 4.78 is 26.8. The zero-order valence-electron chi connectivity index (χ0n) is 14.7. The summed E-state index contributed by atoms with van der Waals surface area (Å²) in [5, 5.41) is 12.0. The van der Waals surface area contributed by atoms with Gasteiger partial charge in [0, 0.05) is 25.0 Å². The molecule has 0 aromatic heterocycles. The quantitative estimate of drug-likeness (QED) is 0.809. The summed E-state index contributed by atoms with van der Waals surface area (Å²) in [5.41, 5.74) is 0.0460. The fourth-order valence-electron chi connectivity index (χ4n) is 3.62. The van der Waals surface area contributed by atoms with Crippen molar-refractivity contribution in [3.05, 3.63) is 29.8 Å². The Morgan fingerprint density at radius 2 is 1.69 bits per heavy atom. The lowest BCUT2D eigenvalue weighted by atomic mass is 9.81. The van der Waals surface area contributed by atoms with E-state index in [0.29, 0.717) is 31.8 Å². The Balaban J connectivity index is 1.58. The molecule has 1 aliphatic carbocycles. The minimum atomic E-state index is -3.67. The van der Waals surface area contributed by atoms with Crippen molar-refractivity contribution in [2.45, 2.75) is 43.5 Å². The molecular formula is C18H24N2O5S. The number of piperidine rings is 1. The number of nitrogens with zero attached hydrogens (tertiary/aromatic N) is 1. The van der Waals surface area contributed by atoms with Gasteiger partial charge in [0.25, 0.3) is 0 Å². The van der Waals surface area contributed by atoms with Gasteiger partial charge in [-0.05, 0) is 55.9 Å². The van der Waals surface area contributed by atoms with Gasteiger partial charge < -0.3 is 10.4 Å². The van der Waals surface area contributed by atoms with Crippen LogP contribution in [0.25, 0.3) is 0 Å². The van der Waals surface area contributed by atoms with Crippen molar-refractivity contribution in [3.63, 3.8) is 0 Å². The van der Waals surface area contributed by atoms with E-state index in [2.05, 4.69) is 12.2 Å². The molecular weight excluding hydrogens is 356 g/mol. The molecule has 0 atom stereocenters. The van der Waals surface area contributed by atoms with E-state index in [-0.39, 0.29) is 28.3 Å². The highest BCUT2D eigenvalue weighted by molar-refractivity contribution is 7.89. The van der Waals surface area contributed by atoms with Crippen LogP contribution in [-0.4, -0.2) is 48.8 Å². The van der Waals surface area contributed by atoms with Crippen LogP contribution in [-0.2, 0) is 14.8 Å². The zero-order valence-corrected chi connectivity index (χ0v) is 15.5. The Hall–Kier alpha value is -1.93. The molecule has 0 bridgehead atoms. The number of hydrogen-bond acceptors (Lipinski definition) is 4. The third kappa shape index (κ3) is 3.91. The van der Waals surface area contributed by atoms with Crippen LogP contribution in [0.15, 0.2) is 29.2 Å². The van der Waals surface area contributed by atoms with Gasteiger partial charge in [0.1, 0.15) is 0 Å². The van der Waals surface area contributed by atoms with Crippen molar-refractivity contribution in [1.82, 2.24) is 9.62 Å². The van der Waals surface area contributed by atoms with Crippen LogP contribution >= 0.6 is 0 Å². The van der Waals surface area contributed by atoms with Crippen LogP contribution in [0, 0.1) is 11.8 Å². The molecule has 2 aliphatic rings. The fraction of sp³-hybridized carbons (Fsp3) is 0.556. The van der Waals surface area contributed by atoms with E-state index in [0.717, 1.165) is 12.8 Å². The van der Waals surface area contributed by atoms with Crippen molar-refractivity contribution in [2.75, 3.05) is 13.1 Å². The van der Waals surface area contributed by atoms with Crippen LogP contribution in [0.4, 0.5) is 0 Å². The molecule has 1 heterocycles. The number of carboxylic acids is 1. The summed E-state index contributed by atoms with van der Waals surface area (Å²) in [4.78, 5) is 23.3. The summed E-state index contributed by atoms with van der Waals surface area (Å²) in [7, 11) is -3.67. The van der Waals surface area contributed by atoms with Crippen molar-refractivity contribution < 1.29 is 23.1 Å². The van der Waals surface area contributed by atoms with Gasteiger partial charge in [-0.1, -0.05) is 6.92 Å². The lowest BCUT2D eigenvalue weighted by Crippen LogP contribution is -2.48. The maximum Gasteiger partial charge on any atom is 0.335 e. The number of aromatic carboxylic acids is 1. The first kappa shape index (κ1) is 18.8. The van der Waals surface area contributed by atoms with Gasteiger partial charge in [0.05, 0.1) is 10.5 Å². The number of carbonyl (C=O) groups is 2. The Kier molecular flexibility index (Phi) is 5.34. The van der Waals surface area contributed by atoms with Crippen LogP contribution in [0.5, 0.6) is 0 Å². The van der Waals surface area contributed by atoms with E-state index in [4.69, 9.17) is 5.11 Å². The number of amides is 1. The lowest BCUT2D eigenvalue weighted by Gasteiger charge is -2.36. The molecule has 1 aromatic carbocycles. The highest BCUT2D eigenvalue weighted by Crippen LogP contribution is 2.28. The average molecular weight is 380 g/mol. The number of hydrogen-bond donors (Lipinski definition) is 2. The number of benzene rings is 1. The molecule has 7 nitrogen and oxygen atoms in total. The first-order chi connectivity index (χ1) is 12.3. The largest absolute Gasteiger partial charge is 0.478 e. The van der Waals surface area contributed by atoms with Crippen LogP contribution in [0.3, 0.4) is 0 Å². The van der Waals surface area contributed by atoms with Gasteiger partial charge in [-0.3, -0.25) is 4.79 Å². The molecule has 26 heavy (non-hydrogen) atoms. The van der Waals surface area contributed by atoms with E-state index in [1.54, 1.807) is 0 Å². The average Bonchev–Trinajstić information content (AvgIpc) is 2.60. The van der Waals surface area contributed by atoms with Crippen molar-refractivity contribution >= 4 is 21.9 Å². The maximum absolute atomic E-state index is 12.7. The molecule has 2 fully saturated rings. The predicted molar refractivity (Wildman–Crippen MR) is 95.2 cm³/mol. The van der Waals surface area contributed by atoms with Crippen molar-refractivity contribution in [3.8, 4) is 0 Å². The molecule has 0 radical (unpaired) electrons. The molecule has 1 amide bonds. The number of sulfonamides is 1. The second-order valence-corrected chi connectivity index (χ2v) is 9.23. The molecule has 0 spiro atoms. The molecule has 2 N–H and O–H groups in total. The van der Waals surface area contributed by atoms with E-state index in [1.807, 2.05) is 0 Å². The Morgan fingerprint density at radius 1 is 1.12 bits per heavy atom. The minimum absolute atomic E-state index is 0.0322. The summed E-state index contributed by atoms with van der Waals surface area (Å²) in [6, 6.07) is 5.47.